The molecular weight excluding hydrogens is 1540 g/mol. The standard InChI is InChI=1S/C49H59N5O7.C48H58N6O7/c1-48(2,3)60-46(57)53-24-10-14-39(53)41(55)28-32-16-17-33(26-37(32)51)43-42(31-18-21-35(22-19-31)59-29-30-12-8-7-9-13-30)44(43)34-20-23-36(50)38(27-34)52-45(56)40-15-11-25-54(40)47(58)61-49(4,5)6;1-47(2,3)60-45(57)53-24-10-14-38(53)43(55)51-36-26-31(18-22-34(36)49)41-40(30-16-20-33(21-17-30)59-28-29-12-8-7-9-13-29)42(41)32-19-23-35(50)37(27-32)52-44(56)39-15-11-25-54(39)46(58)61-48(4,5)6/h7-9,12-13,16-23,26-27,39-40,42-44H,10-11,14-15,24-25,28-29,50-51H2,1-6H3,(H,52,56);7-9,12-13,16-23,26-27,38-42H,10-11,14-15,24-25,28,49-50H2,1-6H3,(H,51,55)(H,52,56)/t39-,40-,42?,43?,44?;38-,39-,40?,41?,42?/m00/s1. The van der Waals surface area contributed by atoms with Gasteiger partial charge in [0.15, 0.2) is 5.78 Å². The van der Waals surface area contributed by atoms with E-state index in [1.54, 1.807) is 79.3 Å². The summed E-state index contributed by atoms with van der Waals surface area (Å²) in [6, 6.07) is 56.7. The van der Waals surface area contributed by atoms with Gasteiger partial charge in [-0.05, 0) is 287 Å². The number of nitrogens with two attached hydrogens (primary N) is 4. The summed E-state index contributed by atoms with van der Waals surface area (Å²) in [6.07, 6.45) is 3.00. The quantitative estimate of drug-likeness (QED) is 0.0259. The maximum absolute atomic E-state index is 13.8. The van der Waals surface area contributed by atoms with Gasteiger partial charge in [-0.2, -0.15) is 0 Å². The predicted octanol–water partition coefficient (Wildman–Crippen LogP) is 17.7. The number of Topliss-reactive ketones (excluding diaryl/α,β-unsaturated/α-hetero) is 1. The number of nitrogen functional groups attached to an aromatic ring is 4. The summed E-state index contributed by atoms with van der Waals surface area (Å²) in [4.78, 5) is 113. The molecule has 11 N–H and O–H groups in total. The van der Waals surface area contributed by atoms with Crippen molar-refractivity contribution in [2.45, 2.75) is 236 Å². The van der Waals surface area contributed by atoms with Crippen molar-refractivity contribution in [2.24, 2.45) is 0 Å². The topological polar surface area (TPSA) is 345 Å². The third kappa shape index (κ3) is 21.7. The van der Waals surface area contributed by atoms with Gasteiger partial charge in [0.1, 0.15) is 65.2 Å². The first-order valence-electron chi connectivity index (χ1n) is 42.4. The van der Waals surface area contributed by atoms with E-state index < -0.39 is 70.9 Å². The summed E-state index contributed by atoms with van der Waals surface area (Å²) < 4.78 is 34.6. The zero-order valence-corrected chi connectivity index (χ0v) is 72.0. The van der Waals surface area contributed by atoms with Crippen molar-refractivity contribution in [1.82, 2.24) is 19.6 Å². The summed E-state index contributed by atoms with van der Waals surface area (Å²) in [5.74, 6) is 0.488. The third-order valence-electron chi connectivity index (χ3n) is 22.9. The van der Waals surface area contributed by atoms with Crippen LogP contribution in [-0.2, 0) is 57.8 Å². The Balaban J connectivity index is 0.000000210. The number of amides is 7. The fraction of sp³-hybridized carbons (Fsp3) is 0.423. The number of hydrogen-bond acceptors (Lipinski definition) is 18. The van der Waals surface area contributed by atoms with Crippen LogP contribution in [0.5, 0.6) is 11.5 Å². The van der Waals surface area contributed by atoms with E-state index in [0.717, 1.165) is 62.4 Å². The normalized spacial score (nSPS) is 21.1. The van der Waals surface area contributed by atoms with Crippen molar-refractivity contribution in [1.29, 1.82) is 0 Å². The van der Waals surface area contributed by atoms with Crippen LogP contribution in [0, 0.1) is 0 Å². The molecule has 2 aliphatic carbocycles. The highest BCUT2D eigenvalue weighted by Gasteiger charge is 2.55. The van der Waals surface area contributed by atoms with E-state index in [4.69, 9.17) is 51.4 Å². The Hall–Kier alpha value is -12.3. The maximum Gasteiger partial charge on any atom is 0.410 e. The number of ether oxygens (including phenoxy) is 6. The van der Waals surface area contributed by atoms with E-state index >= 15 is 0 Å². The SMILES string of the molecule is CC(C)(C)OC(=O)N1CCC[C@H]1C(=O)Cc1ccc(C2C(c3ccc(OCc4ccccc4)cc3)C2c2ccc(N)c(NC(=O)[C@@H]3CCCN3C(=O)OC(C)(C)C)c2)cc1N.CC(C)(C)OC(=O)N1CCC[C@H]1C(=O)Nc1cc(C2C(c3ccc(OCc4ccccc4)cc3)C2c2ccc(N)c(NC(=O)[C@@H]3CCCN3C(=O)OC(C)(C)C)c2)ccc1N. The second-order valence-corrected chi connectivity index (χ2v) is 36.8. The summed E-state index contributed by atoms with van der Waals surface area (Å²) in [6.45, 7) is 24.3. The molecule has 6 fully saturated rings. The fourth-order valence-electron chi connectivity index (χ4n) is 17.1. The molecule has 8 aromatic carbocycles. The van der Waals surface area contributed by atoms with Crippen LogP contribution in [0.25, 0.3) is 0 Å². The van der Waals surface area contributed by atoms with Crippen LogP contribution in [0.1, 0.15) is 220 Å². The van der Waals surface area contributed by atoms with Crippen molar-refractivity contribution < 1.29 is 66.8 Å². The van der Waals surface area contributed by atoms with E-state index in [2.05, 4.69) is 40.2 Å². The van der Waals surface area contributed by atoms with Gasteiger partial charge >= 0.3 is 24.4 Å². The van der Waals surface area contributed by atoms with Gasteiger partial charge in [-0.15, -0.1) is 0 Å². The molecule has 0 aromatic heterocycles. The Labute approximate surface area is 715 Å². The number of anilines is 7. The zero-order chi connectivity index (χ0) is 87.3. The van der Waals surface area contributed by atoms with Crippen molar-refractivity contribution in [3.63, 3.8) is 0 Å². The maximum atomic E-state index is 13.8. The van der Waals surface area contributed by atoms with Gasteiger partial charge in [0.05, 0.1) is 40.2 Å². The largest absolute Gasteiger partial charge is 0.489 e. The van der Waals surface area contributed by atoms with Crippen LogP contribution in [0.15, 0.2) is 182 Å². The van der Waals surface area contributed by atoms with Crippen LogP contribution < -0.4 is 48.4 Å². The Morgan fingerprint density at radius 3 is 0.902 bits per heavy atom. The number of likely N-dealkylation sites (tertiary alicyclic amines) is 4. The first-order chi connectivity index (χ1) is 57.9. The van der Waals surface area contributed by atoms with E-state index in [1.807, 2.05) is 166 Å². The van der Waals surface area contributed by atoms with Crippen LogP contribution in [-0.4, -0.2) is 140 Å². The lowest BCUT2D eigenvalue weighted by Gasteiger charge is -2.28. The predicted molar refractivity (Wildman–Crippen MR) is 473 cm³/mol. The van der Waals surface area contributed by atoms with Gasteiger partial charge in [0.25, 0.3) is 0 Å². The lowest BCUT2D eigenvalue weighted by atomic mass is 9.97. The van der Waals surface area contributed by atoms with Crippen molar-refractivity contribution in [3.05, 3.63) is 232 Å². The molecule has 0 radical (unpaired) electrons. The van der Waals surface area contributed by atoms with E-state index in [-0.39, 0.29) is 65.4 Å². The molecule has 4 aliphatic heterocycles. The monoisotopic (exact) mass is 1660 g/mol. The highest BCUT2D eigenvalue weighted by Crippen LogP contribution is 2.68. The first kappa shape index (κ1) is 87.5. The van der Waals surface area contributed by atoms with Crippen molar-refractivity contribution >= 4 is 87.7 Å². The summed E-state index contributed by atoms with van der Waals surface area (Å²) in [7, 11) is 0. The molecule has 0 spiro atoms. The van der Waals surface area contributed by atoms with Gasteiger partial charge in [-0.1, -0.05) is 115 Å². The van der Waals surface area contributed by atoms with Gasteiger partial charge < -0.3 is 67.3 Å². The second-order valence-electron chi connectivity index (χ2n) is 36.8. The van der Waals surface area contributed by atoms with Crippen molar-refractivity contribution in [2.75, 3.05) is 65.1 Å². The van der Waals surface area contributed by atoms with E-state index in [0.29, 0.717) is 130 Å². The molecule has 25 heteroatoms. The lowest BCUT2D eigenvalue weighted by Crippen LogP contribution is -2.45. The van der Waals surface area contributed by atoms with Crippen LogP contribution in [0.4, 0.5) is 59.0 Å². The number of ketones is 1. The smallest absolute Gasteiger partial charge is 0.410 e. The van der Waals surface area contributed by atoms with Crippen LogP contribution in [0.3, 0.4) is 0 Å². The number of carbonyl (C=O) groups excluding carboxylic acids is 8. The second kappa shape index (κ2) is 36.6. The Morgan fingerprint density at radius 1 is 0.328 bits per heavy atom. The third-order valence-corrected chi connectivity index (χ3v) is 22.9. The average Bonchev–Trinajstić information content (AvgIpc) is 1.57. The minimum absolute atomic E-state index is 0.00448. The number of nitrogens with one attached hydrogen (secondary N) is 3. The minimum Gasteiger partial charge on any atom is -0.489 e. The zero-order valence-electron chi connectivity index (χ0n) is 72.0. The van der Waals surface area contributed by atoms with Gasteiger partial charge in [-0.3, -0.25) is 38.8 Å². The molecule has 7 amide bonds. The summed E-state index contributed by atoms with van der Waals surface area (Å²) in [5.41, 5.74) is 35.6. The Bertz CT molecular complexity index is 5020. The highest BCUT2D eigenvalue weighted by atomic mass is 16.6. The molecule has 0 bridgehead atoms. The van der Waals surface area contributed by atoms with Gasteiger partial charge in [-0.25, -0.2) is 19.2 Å². The molecule has 4 heterocycles. The first-order valence-corrected chi connectivity index (χ1v) is 42.4. The molecule has 122 heavy (non-hydrogen) atoms. The molecular formula is C97H117N11O14. The number of hydrogen-bond donors (Lipinski definition) is 7. The van der Waals surface area contributed by atoms with Crippen molar-refractivity contribution in [3.8, 4) is 11.5 Å². The molecule has 5 unspecified atom stereocenters. The number of nitrogens with zero attached hydrogens (tertiary/aromatic N) is 4. The van der Waals surface area contributed by atoms with Gasteiger partial charge in [0.2, 0.25) is 17.7 Å². The highest BCUT2D eigenvalue weighted by molar-refractivity contribution is 6.01. The molecule has 25 nitrogen and oxygen atoms in total. The molecule has 6 aliphatic rings. The summed E-state index contributed by atoms with van der Waals surface area (Å²) >= 11 is 0. The number of benzene rings is 8. The Kier molecular flexibility index (Phi) is 26.2. The summed E-state index contributed by atoms with van der Waals surface area (Å²) in [5, 5.41) is 9.08. The number of rotatable bonds is 21. The van der Waals surface area contributed by atoms with E-state index in [1.165, 1.54) is 14.7 Å². The molecule has 14 rings (SSSR count). The lowest BCUT2D eigenvalue weighted by molar-refractivity contribution is -0.123. The molecule has 8 aromatic rings. The Morgan fingerprint density at radius 2 is 0.598 bits per heavy atom. The molecule has 2 saturated carbocycles. The molecule has 644 valence electrons. The molecule has 9 atom stereocenters. The van der Waals surface area contributed by atoms with Crippen LogP contribution >= 0.6 is 0 Å². The average molecular weight is 1660 g/mol. The minimum atomic E-state index is -0.692. The fourth-order valence-corrected chi connectivity index (χ4v) is 17.1. The number of carbonyl (C=O) groups is 8. The molecule has 4 saturated heterocycles. The van der Waals surface area contributed by atoms with Gasteiger partial charge in [0, 0.05) is 38.3 Å². The van der Waals surface area contributed by atoms with Crippen LogP contribution in [0.2, 0.25) is 0 Å². The van der Waals surface area contributed by atoms with E-state index in [9.17, 15) is 38.4 Å².